The monoisotopic (exact) mass is 267 g/mol. The van der Waals surface area contributed by atoms with E-state index in [0.29, 0.717) is 5.56 Å². The van der Waals surface area contributed by atoms with E-state index in [2.05, 4.69) is 10.1 Å². The van der Waals surface area contributed by atoms with E-state index in [9.17, 15) is 4.79 Å². The molecule has 0 saturated carbocycles. The van der Waals surface area contributed by atoms with Gasteiger partial charge in [-0.3, -0.25) is 4.98 Å². The molecule has 0 radical (unpaired) electrons. The normalized spacial score (nSPS) is 10.7. The molecule has 100 valence electrons. The topological polar surface area (TPSA) is 56.5 Å². The van der Waals surface area contributed by atoms with Crippen LogP contribution in [0.2, 0.25) is 0 Å². The van der Waals surface area contributed by atoms with Gasteiger partial charge in [0.2, 0.25) is 0 Å². The summed E-state index contributed by atoms with van der Waals surface area (Å²) in [7, 11) is 1.37. The summed E-state index contributed by atoms with van der Waals surface area (Å²) < 4.78 is 6.59. The van der Waals surface area contributed by atoms with Crippen molar-refractivity contribution in [1.82, 2.24) is 14.6 Å². The lowest BCUT2D eigenvalue weighted by Gasteiger charge is -2.10. The van der Waals surface area contributed by atoms with E-state index in [1.165, 1.54) is 7.11 Å². The predicted molar refractivity (Wildman–Crippen MR) is 74.5 cm³/mol. The van der Waals surface area contributed by atoms with Crippen LogP contribution in [0.25, 0.3) is 16.8 Å². The Morgan fingerprint density at radius 1 is 1.25 bits per heavy atom. The number of hydrogen-bond acceptors (Lipinski definition) is 4. The third-order valence-electron chi connectivity index (χ3n) is 3.23. The minimum Gasteiger partial charge on any atom is -0.465 e. The molecule has 0 aliphatic heterocycles. The molecule has 0 aliphatic carbocycles. The molecule has 0 spiro atoms. The molecular weight excluding hydrogens is 254 g/mol. The van der Waals surface area contributed by atoms with Gasteiger partial charge in [-0.05, 0) is 36.8 Å². The highest BCUT2D eigenvalue weighted by Gasteiger charge is 2.13. The van der Waals surface area contributed by atoms with E-state index in [1.54, 1.807) is 35.2 Å². The second kappa shape index (κ2) is 4.77. The SMILES string of the molecule is COC(=O)c1cc(-c2cnccc2C)n2nccc2c1. The van der Waals surface area contributed by atoms with Crippen LogP contribution in [-0.4, -0.2) is 27.7 Å². The summed E-state index contributed by atoms with van der Waals surface area (Å²) in [6, 6.07) is 7.31. The first-order chi connectivity index (χ1) is 9.70. The minimum absolute atomic E-state index is 0.364. The molecule has 0 N–H and O–H groups in total. The quantitative estimate of drug-likeness (QED) is 0.669. The van der Waals surface area contributed by atoms with Crippen molar-refractivity contribution >= 4 is 11.5 Å². The van der Waals surface area contributed by atoms with Crippen molar-refractivity contribution in [2.75, 3.05) is 7.11 Å². The Kier molecular flexibility index (Phi) is 2.95. The standard InChI is InChI=1S/C15H13N3O2/c1-10-3-5-16-9-13(10)14-8-11(15(19)20-2)7-12-4-6-17-18(12)14/h3-9H,1-2H3. The summed E-state index contributed by atoms with van der Waals surface area (Å²) in [4.78, 5) is 15.9. The number of nitrogens with zero attached hydrogens (tertiary/aromatic N) is 3. The summed E-state index contributed by atoms with van der Waals surface area (Å²) in [5.41, 5.74) is 4.16. The number of carbonyl (C=O) groups excluding carboxylic acids is 1. The second-order valence-electron chi connectivity index (χ2n) is 4.48. The van der Waals surface area contributed by atoms with Crippen molar-refractivity contribution in [3.8, 4) is 11.3 Å². The van der Waals surface area contributed by atoms with Crippen molar-refractivity contribution in [3.05, 3.63) is 54.0 Å². The van der Waals surface area contributed by atoms with Crippen LogP contribution in [0, 0.1) is 6.92 Å². The number of fused-ring (bicyclic) bond motifs is 1. The third kappa shape index (κ3) is 1.93. The molecule has 5 heteroatoms. The van der Waals surface area contributed by atoms with Crippen LogP contribution in [0.5, 0.6) is 0 Å². The number of aryl methyl sites for hydroxylation is 1. The van der Waals surface area contributed by atoms with Crippen LogP contribution in [0.15, 0.2) is 42.9 Å². The Morgan fingerprint density at radius 2 is 2.10 bits per heavy atom. The summed E-state index contributed by atoms with van der Waals surface area (Å²) in [5.74, 6) is -0.364. The highest BCUT2D eigenvalue weighted by molar-refractivity contribution is 5.92. The Labute approximate surface area is 115 Å². The van der Waals surface area contributed by atoms with Crippen molar-refractivity contribution in [2.45, 2.75) is 6.92 Å². The van der Waals surface area contributed by atoms with E-state index >= 15 is 0 Å². The Bertz CT molecular complexity index is 793. The largest absolute Gasteiger partial charge is 0.465 e. The molecule has 20 heavy (non-hydrogen) atoms. The van der Waals surface area contributed by atoms with Crippen molar-refractivity contribution in [3.63, 3.8) is 0 Å². The summed E-state index contributed by atoms with van der Waals surface area (Å²) in [5, 5.41) is 4.30. The van der Waals surface area contributed by atoms with Crippen molar-refractivity contribution < 1.29 is 9.53 Å². The fourth-order valence-corrected chi connectivity index (χ4v) is 2.19. The number of ether oxygens (including phenoxy) is 1. The Hall–Kier alpha value is -2.69. The number of pyridine rings is 2. The summed E-state index contributed by atoms with van der Waals surface area (Å²) in [6.45, 7) is 2.00. The van der Waals surface area contributed by atoms with E-state index in [1.807, 2.05) is 19.1 Å². The summed E-state index contributed by atoms with van der Waals surface area (Å²) in [6.07, 6.45) is 5.21. The molecule has 0 atom stereocenters. The van der Waals surface area contributed by atoms with Crippen molar-refractivity contribution in [1.29, 1.82) is 0 Å². The molecule has 0 bridgehead atoms. The van der Waals surface area contributed by atoms with Gasteiger partial charge in [-0.15, -0.1) is 0 Å². The number of rotatable bonds is 2. The lowest BCUT2D eigenvalue weighted by atomic mass is 10.1. The van der Waals surface area contributed by atoms with Gasteiger partial charge in [-0.1, -0.05) is 0 Å². The van der Waals surface area contributed by atoms with E-state index < -0.39 is 0 Å². The first kappa shape index (κ1) is 12.3. The van der Waals surface area contributed by atoms with E-state index in [4.69, 9.17) is 4.74 Å². The Morgan fingerprint density at radius 3 is 2.85 bits per heavy atom. The van der Waals surface area contributed by atoms with Gasteiger partial charge in [0.25, 0.3) is 0 Å². The zero-order chi connectivity index (χ0) is 14.1. The average Bonchev–Trinajstić information content (AvgIpc) is 2.94. The minimum atomic E-state index is -0.364. The highest BCUT2D eigenvalue weighted by Crippen LogP contribution is 2.25. The van der Waals surface area contributed by atoms with Crippen LogP contribution < -0.4 is 0 Å². The molecule has 3 aromatic rings. The van der Waals surface area contributed by atoms with Gasteiger partial charge < -0.3 is 4.74 Å². The number of carbonyl (C=O) groups is 1. The van der Waals surface area contributed by atoms with Gasteiger partial charge in [0.05, 0.1) is 30.1 Å². The Balaban J connectivity index is 2.31. The van der Waals surface area contributed by atoms with E-state index in [-0.39, 0.29) is 5.97 Å². The molecule has 3 aromatic heterocycles. The molecule has 0 aromatic carbocycles. The van der Waals surface area contributed by atoms with Crippen LogP contribution in [0.3, 0.4) is 0 Å². The fraction of sp³-hybridized carbons (Fsp3) is 0.133. The molecule has 5 nitrogen and oxygen atoms in total. The highest BCUT2D eigenvalue weighted by atomic mass is 16.5. The number of hydrogen-bond donors (Lipinski definition) is 0. The lowest BCUT2D eigenvalue weighted by Crippen LogP contribution is -2.05. The molecule has 0 saturated heterocycles. The van der Waals surface area contributed by atoms with Crippen LogP contribution in [-0.2, 0) is 4.74 Å². The van der Waals surface area contributed by atoms with Crippen molar-refractivity contribution in [2.24, 2.45) is 0 Å². The smallest absolute Gasteiger partial charge is 0.338 e. The van der Waals surface area contributed by atoms with Gasteiger partial charge in [-0.25, -0.2) is 9.31 Å². The number of esters is 1. The van der Waals surface area contributed by atoms with Gasteiger partial charge >= 0.3 is 5.97 Å². The maximum atomic E-state index is 11.8. The van der Waals surface area contributed by atoms with Crippen LogP contribution in [0.4, 0.5) is 0 Å². The third-order valence-corrected chi connectivity index (χ3v) is 3.23. The first-order valence-corrected chi connectivity index (χ1v) is 6.18. The second-order valence-corrected chi connectivity index (χ2v) is 4.48. The molecule has 3 rings (SSSR count). The number of aromatic nitrogens is 3. The van der Waals surface area contributed by atoms with Gasteiger partial charge in [-0.2, -0.15) is 5.10 Å². The fourth-order valence-electron chi connectivity index (χ4n) is 2.19. The zero-order valence-corrected chi connectivity index (χ0v) is 11.2. The molecule has 3 heterocycles. The molecule has 0 amide bonds. The molecule has 0 unspecified atom stereocenters. The maximum Gasteiger partial charge on any atom is 0.338 e. The summed E-state index contributed by atoms with van der Waals surface area (Å²) >= 11 is 0. The van der Waals surface area contributed by atoms with Gasteiger partial charge in [0.15, 0.2) is 0 Å². The average molecular weight is 267 g/mol. The van der Waals surface area contributed by atoms with E-state index in [0.717, 1.165) is 22.3 Å². The number of methoxy groups -OCH3 is 1. The van der Waals surface area contributed by atoms with Gasteiger partial charge in [0.1, 0.15) is 0 Å². The molecule has 0 fully saturated rings. The predicted octanol–water partition coefficient (Wildman–Crippen LogP) is 2.49. The van der Waals surface area contributed by atoms with Crippen LogP contribution in [0.1, 0.15) is 15.9 Å². The first-order valence-electron chi connectivity index (χ1n) is 6.18. The zero-order valence-electron chi connectivity index (χ0n) is 11.2. The lowest BCUT2D eigenvalue weighted by molar-refractivity contribution is 0.0601. The van der Waals surface area contributed by atoms with Crippen LogP contribution >= 0.6 is 0 Å². The molecule has 0 aliphatic rings. The molecular formula is C15H13N3O2. The maximum absolute atomic E-state index is 11.8. The van der Waals surface area contributed by atoms with Gasteiger partial charge in [0, 0.05) is 18.0 Å².